The largest absolute Gasteiger partial charge is 0.447 e. The van der Waals surface area contributed by atoms with Gasteiger partial charge in [0, 0.05) is 11.8 Å². The third-order valence-electron chi connectivity index (χ3n) is 2.78. The van der Waals surface area contributed by atoms with Gasteiger partial charge < -0.3 is 14.8 Å². The molecular weight excluding hydrogens is 252 g/mol. The molecule has 0 saturated heterocycles. The van der Waals surface area contributed by atoms with Crippen molar-refractivity contribution in [2.45, 2.75) is 38.1 Å². The highest BCUT2D eigenvalue weighted by atomic mass is 32.2. The number of carbonyl (C=O) groups is 1. The molecule has 0 bridgehead atoms. The molecule has 1 fully saturated rings. The number of carbonyl (C=O) groups excluding carboxylic acids is 1. The van der Waals surface area contributed by atoms with Crippen molar-refractivity contribution >= 4 is 17.9 Å². The molecule has 0 unspecified atom stereocenters. The number of nitrogens with zero attached hydrogens (tertiary/aromatic N) is 1. The molecule has 0 heterocycles. The summed E-state index contributed by atoms with van der Waals surface area (Å²) in [5, 5.41) is 13.1. The molecule has 102 valence electrons. The smallest absolute Gasteiger partial charge is 0.407 e. The highest BCUT2D eigenvalue weighted by molar-refractivity contribution is 8.03. The number of thioether (sulfide) groups is 1. The van der Waals surface area contributed by atoms with Crippen LogP contribution >= 0.6 is 11.8 Å². The Morgan fingerprint density at radius 3 is 2.78 bits per heavy atom. The van der Waals surface area contributed by atoms with Crippen molar-refractivity contribution in [2.75, 3.05) is 25.6 Å². The molecule has 1 aliphatic rings. The first-order valence-corrected chi connectivity index (χ1v) is 7.33. The Labute approximate surface area is 112 Å². The summed E-state index contributed by atoms with van der Waals surface area (Å²) in [7, 11) is 0. The van der Waals surface area contributed by atoms with Crippen LogP contribution < -0.4 is 5.32 Å². The lowest BCUT2D eigenvalue weighted by Gasteiger charge is -2.22. The number of nitriles is 1. The van der Waals surface area contributed by atoms with Crippen molar-refractivity contribution in [2.24, 2.45) is 0 Å². The van der Waals surface area contributed by atoms with E-state index in [9.17, 15) is 4.79 Å². The zero-order chi connectivity index (χ0) is 13.1. The molecule has 0 aromatic rings. The minimum atomic E-state index is -0.350. The second-order valence-corrected chi connectivity index (χ2v) is 5.05. The van der Waals surface area contributed by atoms with Crippen molar-refractivity contribution in [3.8, 4) is 5.40 Å². The molecule has 0 radical (unpaired) electrons. The molecule has 1 N–H and O–H groups in total. The van der Waals surface area contributed by atoms with Crippen LogP contribution in [0.5, 0.6) is 0 Å². The number of hydrogen-bond acceptors (Lipinski definition) is 5. The molecule has 5 nitrogen and oxygen atoms in total. The molecule has 0 aromatic carbocycles. The number of nitrogens with one attached hydrogen (secondary N) is 1. The normalized spacial score (nSPS) is 15.9. The third kappa shape index (κ3) is 7.41. The van der Waals surface area contributed by atoms with Crippen LogP contribution in [0.1, 0.15) is 32.1 Å². The molecule has 1 rings (SSSR count). The van der Waals surface area contributed by atoms with Crippen molar-refractivity contribution in [1.29, 1.82) is 5.26 Å². The Kier molecular flexibility index (Phi) is 8.43. The number of amides is 1. The van der Waals surface area contributed by atoms with Gasteiger partial charge in [0.05, 0.1) is 13.2 Å². The van der Waals surface area contributed by atoms with Crippen LogP contribution in [0.15, 0.2) is 0 Å². The average molecular weight is 272 g/mol. The minimum Gasteiger partial charge on any atom is -0.447 e. The van der Waals surface area contributed by atoms with E-state index >= 15 is 0 Å². The van der Waals surface area contributed by atoms with Crippen LogP contribution in [0.2, 0.25) is 0 Å². The average Bonchev–Trinajstić information content (AvgIpc) is 2.39. The lowest BCUT2D eigenvalue weighted by atomic mass is 9.96. The third-order valence-corrected chi connectivity index (χ3v) is 3.28. The van der Waals surface area contributed by atoms with E-state index in [2.05, 4.69) is 5.32 Å². The summed E-state index contributed by atoms with van der Waals surface area (Å²) >= 11 is 1.16. The van der Waals surface area contributed by atoms with Crippen LogP contribution in [0.3, 0.4) is 0 Å². The van der Waals surface area contributed by atoms with Crippen LogP contribution in [0.25, 0.3) is 0 Å². The Balaban J connectivity index is 1.91. The monoisotopic (exact) mass is 272 g/mol. The van der Waals surface area contributed by atoms with E-state index in [1.54, 1.807) is 0 Å². The number of alkyl carbamates (subject to hydrolysis) is 1. The first-order chi connectivity index (χ1) is 8.83. The lowest BCUT2D eigenvalue weighted by Crippen LogP contribution is -2.37. The second-order valence-electron chi connectivity index (χ2n) is 4.17. The van der Waals surface area contributed by atoms with Crippen LogP contribution in [0, 0.1) is 10.7 Å². The summed E-state index contributed by atoms with van der Waals surface area (Å²) in [5.41, 5.74) is 0. The Hall–Kier alpha value is -0.930. The Bertz CT molecular complexity index is 275. The fourth-order valence-corrected chi connectivity index (χ4v) is 2.19. The van der Waals surface area contributed by atoms with Gasteiger partial charge in [0.25, 0.3) is 0 Å². The van der Waals surface area contributed by atoms with Crippen LogP contribution in [0.4, 0.5) is 4.79 Å². The first-order valence-electron chi connectivity index (χ1n) is 6.35. The van der Waals surface area contributed by atoms with Crippen molar-refractivity contribution < 1.29 is 14.3 Å². The number of ether oxygens (including phenoxy) is 2. The summed E-state index contributed by atoms with van der Waals surface area (Å²) in [4.78, 5) is 11.4. The molecule has 18 heavy (non-hydrogen) atoms. The van der Waals surface area contributed by atoms with Gasteiger partial charge in [-0.3, -0.25) is 0 Å². The summed E-state index contributed by atoms with van der Waals surface area (Å²) in [5.74, 6) is 0.644. The zero-order valence-corrected chi connectivity index (χ0v) is 11.3. The maximum atomic E-state index is 11.4. The molecule has 1 amide bonds. The van der Waals surface area contributed by atoms with Crippen molar-refractivity contribution in [1.82, 2.24) is 5.32 Å². The van der Waals surface area contributed by atoms with E-state index in [1.807, 2.05) is 5.40 Å². The Morgan fingerprint density at radius 1 is 1.28 bits per heavy atom. The van der Waals surface area contributed by atoms with Gasteiger partial charge in [0.2, 0.25) is 0 Å². The quantitative estimate of drug-likeness (QED) is 0.568. The molecule has 0 spiro atoms. The predicted octanol–water partition coefficient (Wildman–Crippen LogP) is 2.28. The Morgan fingerprint density at radius 2 is 2.06 bits per heavy atom. The predicted molar refractivity (Wildman–Crippen MR) is 70.2 cm³/mol. The second kappa shape index (κ2) is 10.0. The van der Waals surface area contributed by atoms with Gasteiger partial charge in [0.1, 0.15) is 12.0 Å². The van der Waals surface area contributed by atoms with E-state index in [1.165, 1.54) is 19.3 Å². The molecule has 6 heteroatoms. The number of rotatable bonds is 7. The van der Waals surface area contributed by atoms with E-state index in [0.717, 1.165) is 24.6 Å². The van der Waals surface area contributed by atoms with Gasteiger partial charge in [-0.2, -0.15) is 5.26 Å². The molecule has 0 atom stereocenters. The molecule has 0 aliphatic heterocycles. The SMILES string of the molecule is N#CSCCOCCOC(=O)NC1CCCCC1. The van der Waals surface area contributed by atoms with Gasteiger partial charge in [-0.15, -0.1) is 0 Å². The summed E-state index contributed by atoms with van der Waals surface area (Å²) in [6, 6.07) is 0.277. The van der Waals surface area contributed by atoms with Gasteiger partial charge in [-0.05, 0) is 24.6 Å². The van der Waals surface area contributed by atoms with E-state index in [-0.39, 0.29) is 18.7 Å². The number of thiocyanates is 1. The van der Waals surface area contributed by atoms with Crippen molar-refractivity contribution in [3.63, 3.8) is 0 Å². The highest BCUT2D eigenvalue weighted by Gasteiger charge is 2.15. The first kappa shape index (κ1) is 15.1. The van der Waals surface area contributed by atoms with Gasteiger partial charge in [0.15, 0.2) is 0 Å². The molecule has 1 saturated carbocycles. The molecule has 1 aliphatic carbocycles. The fourth-order valence-electron chi connectivity index (χ4n) is 1.90. The summed E-state index contributed by atoms with van der Waals surface area (Å²) < 4.78 is 10.2. The summed E-state index contributed by atoms with van der Waals surface area (Å²) in [6.45, 7) is 1.14. The van der Waals surface area contributed by atoms with Crippen LogP contribution in [-0.4, -0.2) is 37.7 Å². The van der Waals surface area contributed by atoms with Crippen LogP contribution in [-0.2, 0) is 9.47 Å². The van der Waals surface area contributed by atoms with E-state index < -0.39 is 0 Å². The lowest BCUT2D eigenvalue weighted by molar-refractivity contribution is 0.0777. The highest BCUT2D eigenvalue weighted by Crippen LogP contribution is 2.17. The van der Waals surface area contributed by atoms with Gasteiger partial charge in [-0.1, -0.05) is 19.3 Å². The van der Waals surface area contributed by atoms with Crippen molar-refractivity contribution in [3.05, 3.63) is 0 Å². The molecule has 0 aromatic heterocycles. The van der Waals surface area contributed by atoms with Gasteiger partial charge in [-0.25, -0.2) is 4.79 Å². The molecular formula is C12H20N2O3S. The topological polar surface area (TPSA) is 71.3 Å². The minimum absolute atomic E-state index is 0.260. The number of hydrogen-bond donors (Lipinski definition) is 1. The zero-order valence-electron chi connectivity index (χ0n) is 10.5. The van der Waals surface area contributed by atoms with E-state index in [0.29, 0.717) is 19.0 Å². The standard InChI is InChI=1S/C12H20N2O3S/c13-10-18-9-8-16-6-7-17-12(15)14-11-4-2-1-3-5-11/h11H,1-9H2,(H,14,15). The van der Waals surface area contributed by atoms with E-state index in [4.69, 9.17) is 14.7 Å². The fraction of sp³-hybridized carbons (Fsp3) is 0.833. The maximum absolute atomic E-state index is 11.4. The van der Waals surface area contributed by atoms with Gasteiger partial charge >= 0.3 is 6.09 Å². The summed E-state index contributed by atoms with van der Waals surface area (Å²) in [6.07, 6.45) is 5.39. The maximum Gasteiger partial charge on any atom is 0.407 e.